The third kappa shape index (κ3) is 4.89. The topological polar surface area (TPSA) is 71.9 Å². The zero-order valence-electron chi connectivity index (χ0n) is 17.9. The first kappa shape index (κ1) is 21.3. The molecule has 1 N–H and O–H groups in total. The van der Waals surface area contributed by atoms with Gasteiger partial charge >= 0.3 is 5.97 Å². The second kappa shape index (κ2) is 9.08. The van der Waals surface area contributed by atoms with E-state index in [1.807, 2.05) is 56.4 Å². The van der Waals surface area contributed by atoms with Gasteiger partial charge in [0.05, 0.1) is 29.6 Å². The van der Waals surface area contributed by atoms with Gasteiger partial charge < -0.3 is 14.6 Å². The molecule has 0 radical (unpaired) electrons. The fourth-order valence-electron chi connectivity index (χ4n) is 3.63. The van der Waals surface area contributed by atoms with Crippen LogP contribution in [0.1, 0.15) is 19.4 Å². The molecule has 0 unspecified atom stereocenters. The van der Waals surface area contributed by atoms with Crippen LogP contribution in [0.4, 0.5) is 0 Å². The first-order chi connectivity index (χ1) is 14.9. The number of aromatic nitrogens is 1. The predicted molar refractivity (Wildman–Crippen MR) is 122 cm³/mol. The molecule has 4 rings (SSSR count). The Morgan fingerprint density at radius 3 is 2.61 bits per heavy atom. The number of benzene rings is 2. The highest BCUT2D eigenvalue weighted by atomic mass is 32.1. The van der Waals surface area contributed by atoms with Gasteiger partial charge in [-0.1, -0.05) is 6.07 Å². The van der Waals surface area contributed by atoms with Crippen LogP contribution in [-0.2, 0) is 11.3 Å². The highest BCUT2D eigenvalue weighted by Gasteiger charge is 2.32. The van der Waals surface area contributed by atoms with Crippen molar-refractivity contribution in [3.05, 3.63) is 54.2 Å². The van der Waals surface area contributed by atoms with Gasteiger partial charge in [0.2, 0.25) is 0 Å². The van der Waals surface area contributed by atoms with Gasteiger partial charge in [-0.15, -0.1) is 11.3 Å². The maximum atomic E-state index is 11.0. The minimum Gasteiger partial charge on any atom is -0.496 e. The number of carboxylic acid groups (broad SMARTS) is 1. The van der Waals surface area contributed by atoms with Crippen LogP contribution in [-0.4, -0.2) is 47.3 Å². The van der Waals surface area contributed by atoms with Crippen LogP contribution in [0.25, 0.3) is 21.0 Å². The molecule has 162 valence electrons. The summed E-state index contributed by atoms with van der Waals surface area (Å²) < 4.78 is 11.4. The number of hydrogen-bond acceptors (Lipinski definition) is 6. The monoisotopic (exact) mass is 438 g/mol. The van der Waals surface area contributed by atoms with Gasteiger partial charge in [0.1, 0.15) is 16.5 Å². The third-order valence-electron chi connectivity index (χ3n) is 5.23. The SMILES string of the molecule is COc1cc(CN2CC(C(=O)O)C2)ccc1-c1ncc(-c2ccc(OC(C)C)cc2)s1. The van der Waals surface area contributed by atoms with Gasteiger partial charge in [-0.2, -0.15) is 0 Å². The van der Waals surface area contributed by atoms with E-state index in [9.17, 15) is 4.79 Å². The van der Waals surface area contributed by atoms with Gasteiger partial charge in [-0.3, -0.25) is 9.69 Å². The molecule has 0 atom stereocenters. The summed E-state index contributed by atoms with van der Waals surface area (Å²) in [4.78, 5) is 18.8. The van der Waals surface area contributed by atoms with E-state index < -0.39 is 5.97 Å². The minimum absolute atomic E-state index is 0.149. The van der Waals surface area contributed by atoms with Crippen LogP contribution in [0, 0.1) is 5.92 Å². The van der Waals surface area contributed by atoms with Crippen LogP contribution in [0.2, 0.25) is 0 Å². The number of nitrogens with zero attached hydrogens (tertiary/aromatic N) is 2. The molecule has 0 saturated carbocycles. The molecule has 0 spiro atoms. The Labute approximate surface area is 186 Å². The predicted octanol–water partition coefficient (Wildman–Crippen LogP) is 4.79. The van der Waals surface area contributed by atoms with Crippen LogP contribution >= 0.6 is 11.3 Å². The van der Waals surface area contributed by atoms with Crippen LogP contribution in [0.5, 0.6) is 11.5 Å². The quantitative estimate of drug-likeness (QED) is 0.545. The molecule has 31 heavy (non-hydrogen) atoms. The fourth-order valence-corrected chi connectivity index (χ4v) is 4.58. The van der Waals surface area contributed by atoms with E-state index in [0.29, 0.717) is 19.6 Å². The fraction of sp³-hybridized carbons (Fsp3) is 0.333. The van der Waals surface area contributed by atoms with E-state index in [-0.39, 0.29) is 12.0 Å². The van der Waals surface area contributed by atoms with Crippen molar-refractivity contribution in [1.82, 2.24) is 9.88 Å². The molecule has 2 aromatic carbocycles. The highest BCUT2D eigenvalue weighted by Crippen LogP contribution is 2.37. The Hall–Kier alpha value is -2.90. The van der Waals surface area contributed by atoms with Crippen LogP contribution in [0.15, 0.2) is 48.7 Å². The largest absolute Gasteiger partial charge is 0.496 e. The molecule has 1 fully saturated rings. The Morgan fingerprint density at radius 2 is 1.97 bits per heavy atom. The lowest BCUT2D eigenvalue weighted by molar-refractivity contribution is -0.147. The molecule has 0 amide bonds. The van der Waals surface area contributed by atoms with Crippen molar-refractivity contribution >= 4 is 17.3 Å². The second-order valence-electron chi connectivity index (χ2n) is 7.98. The lowest BCUT2D eigenvalue weighted by Gasteiger charge is -2.36. The zero-order chi connectivity index (χ0) is 22.0. The summed E-state index contributed by atoms with van der Waals surface area (Å²) >= 11 is 1.62. The Bertz CT molecular complexity index is 1060. The van der Waals surface area contributed by atoms with Gasteiger partial charge in [-0.25, -0.2) is 4.98 Å². The lowest BCUT2D eigenvalue weighted by atomic mass is 9.99. The average Bonchev–Trinajstić information content (AvgIpc) is 3.20. The summed E-state index contributed by atoms with van der Waals surface area (Å²) in [6, 6.07) is 14.2. The van der Waals surface area contributed by atoms with Crippen molar-refractivity contribution in [3.8, 4) is 32.5 Å². The summed E-state index contributed by atoms with van der Waals surface area (Å²) in [5, 5.41) is 9.93. The number of thiazole rings is 1. The van der Waals surface area contributed by atoms with E-state index in [4.69, 9.17) is 14.6 Å². The van der Waals surface area contributed by atoms with E-state index in [0.717, 1.165) is 38.1 Å². The number of methoxy groups -OCH3 is 1. The van der Waals surface area contributed by atoms with Crippen molar-refractivity contribution in [1.29, 1.82) is 0 Å². The molecule has 1 aromatic heterocycles. The van der Waals surface area contributed by atoms with Gasteiger partial charge in [0.15, 0.2) is 0 Å². The van der Waals surface area contributed by atoms with Crippen LogP contribution < -0.4 is 9.47 Å². The summed E-state index contributed by atoms with van der Waals surface area (Å²) in [6.45, 7) is 5.93. The molecule has 0 bridgehead atoms. The van der Waals surface area contributed by atoms with E-state index in [2.05, 4.69) is 16.0 Å². The van der Waals surface area contributed by atoms with E-state index in [1.54, 1.807) is 18.4 Å². The average molecular weight is 439 g/mol. The number of hydrogen-bond donors (Lipinski definition) is 1. The van der Waals surface area contributed by atoms with Crippen molar-refractivity contribution in [2.75, 3.05) is 20.2 Å². The minimum atomic E-state index is -0.717. The summed E-state index contributed by atoms with van der Waals surface area (Å²) in [5.74, 6) is 0.666. The zero-order valence-corrected chi connectivity index (χ0v) is 18.7. The van der Waals surface area contributed by atoms with Crippen molar-refractivity contribution in [3.63, 3.8) is 0 Å². The molecule has 1 saturated heterocycles. The Balaban J connectivity index is 1.48. The first-order valence-corrected chi connectivity index (χ1v) is 11.1. The molecular formula is C24H26N2O4S. The molecule has 7 heteroatoms. The standard InChI is InChI=1S/C24H26N2O4S/c1-15(2)30-19-7-5-17(6-8-19)22-11-25-23(31-22)20-9-4-16(10-21(20)29-3)12-26-13-18(14-26)24(27)28/h4-11,15,18H,12-14H2,1-3H3,(H,27,28). The molecular weight excluding hydrogens is 412 g/mol. The summed E-state index contributed by atoms with van der Waals surface area (Å²) in [5.41, 5.74) is 3.15. The molecule has 0 aliphatic carbocycles. The molecule has 1 aliphatic rings. The van der Waals surface area contributed by atoms with E-state index >= 15 is 0 Å². The number of carbonyl (C=O) groups is 1. The second-order valence-corrected chi connectivity index (χ2v) is 9.02. The van der Waals surface area contributed by atoms with Crippen molar-refractivity contribution in [2.45, 2.75) is 26.5 Å². The number of carboxylic acids is 1. The van der Waals surface area contributed by atoms with Gasteiger partial charge in [-0.05, 0) is 61.4 Å². The number of likely N-dealkylation sites (tertiary alicyclic amines) is 1. The highest BCUT2D eigenvalue weighted by molar-refractivity contribution is 7.18. The Kier molecular flexibility index (Phi) is 6.25. The van der Waals surface area contributed by atoms with Gasteiger partial charge in [0, 0.05) is 25.8 Å². The van der Waals surface area contributed by atoms with Crippen molar-refractivity contribution < 1.29 is 19.4 Å². The first-order valence-electron chi connectivity index (χ1n) is 10.3. The Morgan fingerprint density at radius 1 is 1.23 bits per heavy atom. The third-order valence-corrected chi connectivity index (χ3v) is 6.30. The lowest BCUT2D eigenvalue weighted by Crippen LogP contribution is -2.49. The molecule has 6 nitrogen and oxygen atoms in total. The maximum absolute atomic E-state index is 11.0. The smallest absolute Gasteiger partial charge is 0.309 e. The summed E-state index contributed by atoms with van der Waals surface area (Å²) in [6.07, 6.45) is 2.04. The van der Waals surface area contributed by atoms with E-state index in [1.165, 1.54) is 0 Å². The summed E-state index contributed by atoms with van der Waals surface area (Å²) in [7, 11) is 1.66. The molecule has 1 aliphatic heterocycles. The van der Waals surface area contributed by atoms with Crippen molar-refractivity contribution in [2.24, 2.45) is 5.92 Å². The molecule has 2 heterocycles. The normalized spacial score (nSPS) is 14.5. The van der Waals surface area contributed by atoms with Gasteiger partial charge in [0.25, 0.3) is 0 Å². The number of rotatable bonds is 8. The number of aliphatic carboxylic acids is 1. The molecule has 3 aromatic rings. The maximum Gasteiger partial charge on any atom is 0.309 e. The number of ether oxygens (including phenoxy) is 2. The van der Waals surface area contributed by atoms with Crippen LogP contribution in [0.3, 0.4) is 0 Å².